The fourth-order valence-electron chi connectivity index (χ4n) is 2.61. The standard InChI is InChI=1S/C15H21FN2O2/c1-17(11-15(19)20)14-9-12(5-6-13(14)16)10-18-7-3-2-4-8-18/h5-6,9H,2-4,7-8,10-11H2,1H3,(H,19,20). The quantitative estimate of drug-likeness (QED) is 0.899. The van der Waals surface area contributed by atoms with Crippen LogP contribution in [0.15, 0.2) is 18.2 Å². The van der Waals surface area contributed by atoms with Crippen LogP contribution in [0.2, 0.25) is 0 Å². The van der Waals surface area contributed by atoms with Crippen molar-refractivity contribution in [3.8, 4) is 0 Å². The second kappa shape index (κ2) is 6.70. The first-order valence-corrected chi connectivity index (χ1v) is 7.00. The molecule has 0 aromatic heterocycles. The van der Waals surface area contributed by atoms with Gasteiger partial charge in [-0.25, -0.2) is 4.39 Å². The van der Waals surface area contributed by atoms with Crippen LogP contribution in [0.25, 0.3) is 0 Å². The van der Waals surface area contributed by atoms with Crippen molar-refractivity contribution in [1.82, 2.24) is 4.90 Å². The summed E-state index contributed by atoms with van der Waals surface area (Å²) >= 11 is 0. The number of benzene rings is 1. The van der Waals surface area contributed by atoms with Crippen molar-refractivity contribution in [3.05, 3.63) is 29.6 Å². The summed E-state index contributed by atoms with van der Waals surface area (Å²) in [6, 6.07) is 4.96. The summed E-state index contributed by atoms with van der Waals surface area (Å²) in [5.74, 6) is -1.34. The van der Waals surface area contributed by atoms with E-state index in [0.29, 0.717) is 5.69 Å². The van der Waals surface area contributed by atoms with Crippen LogP contribution >= 0.6 is 0 Å². The number of nitrogens with zero attached hydrogens (tertiary/aromatic N) is 2. The molecule has 2 rings (SSSR count). The molecule has 4 nitrogen and oxygen atoms in total. The molecular formula is C15H21FN2O2. The lowest BCUT2D eigenvalue weighted by atomic mass is 10.1. The largest absolute Gasteiger partial charge is 0.480 e. The normalized spacial score (nSPS) is 16.1. The highest BCUT2D eigenvalue weighted by atomic mass is 19.1. The number of carboxylic acid groups (broad SMARTS) is 1. The molecule has 1 fully saturated rings. The molecule has 0 unspecified atom stereocenters. The Hall–Kier alpha value is -1.62. The lowest BCUT2D eigenvalue weighted by Crippen LogP contribution is -2.29. The minimum Gasteiger partial charge on any atom is -0.480 e. The summed E-state index contributed by atoms with van der Waals surface area (Å²) in [7, 11) is 1.59. The molecule has 0 aliphatic carbocycles. The Morgan fingerprint density at radius 3 is 2.70 bits per heavy atom. The fraction of sp³-hybridized carbons (Fsp3) is 0.533. The molecule has 5 heteroatoms. The molecule has 20 heavy (non-hydrogen) atoms. The van der Waals surface area contributed by atoms with Crippen LogP contribution in [0, 0.1) is 5.82 Å². The van der Waals surface area contributed by atoms with Crippen molar-refractivity contribution in [2.75, 3.05) is 31.6 Å². The Kier molecular flexibility index (Phi) is 4.95. The van der Waals surface area contributed by atoms with Crippen molar-refractivity contribution in [3.63, 3.8) is 0 Å². The second-order valence-electron chi connectivity index (χ2n) is 5.37. The average Bonchev–Trinajstić information content (AvgIpc) is 2.41. The Morgan fingerprint density at radius 1 is 1.35 bits per heavy atom. The molecule has 1 saturated heterocycles. The summed E-state index contributed by atoms with van der Waals surface area (Å²) in [6.07, 6.45) is 3.71. The fourth-order valence-corrected chi connectivity index (χ4v) is 2.61. The molecule has 0 spiro atoms. The SMILES string of the molecule is CN(CC(=O)O)c1cc(CN2CCCCC2)ccc1F. The van der Waals surface area contributed by atoms with E-state index in [1.54, 1.807) is 19.2 Å². The monoisotopic (exact) mass is 280 g/mol. The third-order valence-corrected chi connectivity index (χ3v) is 3.65. The summed E-state index contributed by atoms with van der Waals surface area (Å²) in [5.41, 5.74) is 1.38. The molecule has 1 heterocycles. The van der Waals surface area contributed by atoms with Gasteiger partial charge in [-0.3, -0.25) is 9.69 Å². The van der Waals surface area contributed by atoms with E-state index in [0.717, 1.165) is 25.2 Å². The van der Waals surface area contributed by atoms with Gasteiger partial charge in [-0.2, -0.15) is 0 Å². The summed E-state index contributed by atoms with van der Waals surface area (Å²) in [6.45, 7) is 2.76. The lowest BCUT2D eigenvalue weighted by molar-refractivity contribution is -0.135. The predicted octanol–water partition coefficient (Wildman–Crippen LogP) is 2.33. The summed E-state index contributed by atoms with van der Waals surface area (Å²) in [4.78, 5) is 14.5. The zero-order valence-corrected chi connectivity index (χ0v) is 11.8. The van der Waals surface area contributed by atoms with Gasteiger partial charge in [0.25, 0.3) is 0 Å². The number of halogens is 1. The number of rotatable bonds is 5. The smallest absolute Gasteiger partial charge is 0.323 e. The van der Waals surface area contributed by atoms with Crippen LogP contribution in [0.1, 0.15) is 24.8 Å². The van der Waals surface area contributed by atoms with Crippen molar-refractivity contribution in [1.29, 1.82) is 0 Å². The third-order valence-electron chi connectivity index (χ3n) is 3.65. The number of carboxylic acids is 1. The molecular weight excluding hydrogens is 259 g/mol. The van der Waals surface area contributed by atoms with Gasteiger partial charge in [0.1, 0.15) is 12.4 Å². The van der Waals surface area contributed by atoms with E-state index in [1.807, 2.05) is 0 Å². The number of carbonyl (C=O) groups is 1. The van der Waals surface area contributed by atoms with Gasteiger partial charge < -0.3 is 10.0 Å². The van der Waals surface area contributed by atoms with Crippen molar-refractivity contribution >= 4 is 11.7 Å². The van der Waals surface area contributed by atoms with Gasteiger partial charge >= 0.3 is 5.97 Å². The Morgan fingerprint density at radius 2 is 2.05 bits per heavy atom. The zero-order chi connectivity index (χ0) is 14.5. The minimum atomic E-state index is -0.965. The number of aliphatic carboxylic acids is 1. The van der Waals surface area contributed by atoms with Crippen LogP contribution in [-0.4, -0.2) is 42.7 Å². The number of piperidine rings is 1. The Balaban J connectivity index is 2.08. The van der Waals surface area contributed by atoms with Gasteiger partial charge in [-0.1, -0.05) is 12.5 Å². The molecule has 0 saturated carbocycles. The van der Waals surface area contributed by atoms with E-state index in [9.17, 15) is 9.18 Å². The van der Waals surface area contributed by atoms with Crippen LogP contribution in [-0.2, 0) is 11.3 Å². The molecule has 0 radical (unpaired) electrons. The van der Waals surface area contributed by atoms with E-state index < -0.39 is 5.97 Å². The first-order valence-electron chi connectivity index (χ1n) is 7.00. The van der Waals surface area contributed by atoms with E-state index in [4.69, 9.17) is 5.11 Å². The van der Waals surface area contributed by atoms with Gasteiger partial charge in [0.15, 0.2) is 0 Å². The van der Waals surface area contributed by atoms with Gasteiger partial charge in [-0.15, -0.1) is 0 Å². The number of anilines is 1. The van der Waals surface area contributed by atoms with Crippen molar-refractivity contribution in [2.24, 2.45) is 0 Å². The molecule has 1 aromatic rings. The Bertz CT molecular complexity index is 473. The average molecular weight is 280 g/mol. The maximum absolute atomic E-state index is 13.8. The van der Waals surface area contributed by atoms with E-state index in [-0.39, 0.29) is 12.4 Å². The highest BCUT2D eigenvalue weighted by molar-refractivity contribution is 5.73. The molecule has 1 aromatic carbocycles. The maximum Gasteiger partial charge on any atom is 0.323 e. The van der Waals surface area contributed by atoms with Gasteiger partial charge in [0.2, 0.25) is 0 Å². The van der Waals surface area contributed by atoms with E-state index in [1.165, 1.54) is 30.2 Å². The molecule has 1 aliphatic rings. The van der Waals surface area contributed by atoms with Crippen LogP contribution < -0.4 is 4.90 Å². The highest BCUT2D eigenvalue weighted by Crippen LogP contribution is 2.21. The molecule has 0 atom stereocenters. The number of hydrogen-bond acceptors (Lipinski definition) is 3. The van der Waals surface area contributed by atoms with Crippen LogP contribution in [0.4, 0.5) is 10.1 Å². The second-order valence-corrected chi connectivity index (χ2v) is 5.37. The zero-order valence-electron chi connectivity index (χ0n) is 11.8. The van der Waals surface area contributed by atoms with Crippen molar-refractivity contribution < 1.29 is 14.3 Å². The van der Waals surface area contributed by atoms with Crippen molar-refractivity contribution in [2.45, 2.75) is 25.8 Å². The Labute approximate surface area is 118 Å². The number of likely N-dealkylation sites (tertiary alicyclic amines) is 1. The highest BCUT2D eigenvalue weighted by Gasteiger charge is 2.14. The van der Waals surface area contributed by atoms with Crippen LogP contribution in [0.3, 0.4) is 0 Å². The van der Waals surface area contributed by atoms with Gasteiger partial charge in [0, 0.05) is 13.6 Å². The van der Waals surface area contributed by atoms with E-state index >= 15 is 0 Å². The molecule has 1 N–H and O–H groups in total. The first-order chi connectivity index (χ1) is 9.56. The topological polar surface area (TPSA) is 43.8 Å². The van der Waals surface area contributed by atoms with Gasteiger partial charge in [0.05, 0.1) is 5.69 Å². The summed E-state index contributed by atoms with van der Waals surface area (Å²) < 4.78 is 13.8. The van der Waals surface area contributed by atoms with E-state index in [2.05, 4.69) is 4.90 Å². The summed E-state index contributed by atoms with van der Waals surface area (Å²) in [5, 5.41) is 8.79. The number of hydrogen-bond donors (Lipinski definition) is 1. The molecule has 0 amide bonds. The lowest BCUT2D eigenvalue weighted by Gasteiger charge is -2.27. The van der Waals surface area contributed by atoms with Gasteiger partial charge in [-0.05, 0) is 43.6 Å². The maximum atomic E-state index is 13.8. The molecule has 1 aliphatic heterocycles. The molecule has 110 valence electrons. The first kappa shape index (κ1) is 14.8. The molecule has 0 bridgehead atoms. The number of likely N-dealkylation sites (N-methyl/N-ethyl adjacent to an activating group) is 1. The predicted molar refractivity (Wildman–Crippen MR) is 76.4 cm³/mol. The van der Waals surface area contributed by atoms with Crippen LogP contribution in [0.5, 0.6) is 0 Å². The minimum absolute atomic E-state index is 0.204. The third kappa shape index (κ3) is 3.93.